The third-order valence-corrected chi connectivity index (χ3v) is 2.53. The van der Waals surface area contributed by atoms with Gasteiger partial charge < -0.3 is 10.1 Å². The van der Waals surface area contributed by atoms with Crippen LogP contribution in [-0.2, 0) is 18.2 Å². The van der Waals surface area contributed by atoms with Gasteiger partial charge in [0.15, 0.2) is 0 Å². The third kappa shape index (κ3) is 6.02. The zero-order chi connectivity index (χ0) is 13.6. The Morgan fingerprint density at radius 2 is 2.22 bits per heavy atom. The fraction of sp³-hybridized carbons (Fsp3) is 0.727. The average Bonchev–Trinajstić information content (AvgIpc) is 2.67. The van der Waals surface area contributed by atoms with Crippen molar-refractivity contribution >= 4 is 0 Å². The van der Waals surface area contributed by atoms with Crippen molar-refractivity contribution in [3.63, 3.8) is 0 Å². The van der Waals surface area contributed by atoms with Crippen molar-refractivity contribution in [2.45, 2.75) is 25.1 Å². The predicted octanol–water partition coefficient (Wildman–Crippen LogP) is 1.52. The molecule has 1 atom stereocenters. The minimum absolute atomic E-state index is 0.0519. The van der Waals surface area contributed by atoms with Crippen molar-refractivity contribution < 1.29 is 17.9 Å². The first-order valence-corrected chi connectivity index (χ1v) is 5.70. The zero-order valence-electron chi connectivity index (χ0n) is 10.5. The second-order valence-electron chi connectivity index (χ2n) is 4.18. The molecule has 1 unspecified atom stereocenters. The minimum atomic E-state index is -4.26. The Morgan fingerprint density at radius 1 is 1.50 bits per heavy atom. The number of aryl methyl sites for hydroxylation is 2. The summed E-state index contributed by atoms with van der Waals surface area (Å²) in [7, 11) is 3.54. The van der Waals surface area contributed by atoms with Crippen molar-refractivity contribution in [3.8, 4) is 0 Å². The molecule has 7 heteroatoms. The maximum atomic E-state index is 11.9. The number of nitrogens with zero attached hydrogens (tertiary/aromatic N) is 2. The molecule has 1 aromatic rings. The first kappa shape index (κ1) is 15.0. The summed E-state index contributed by atoms with van der Waals surface area (Å²) in [4.78, 5) is 0. The number of ether oxygens (including phenoxy) is 1. The highest BCUT2D eigenvalue weighted by molar-refractivity contribution is 5.03. The maximum absolute atomic E-state index is 11.9. The monoisotopic (exact) mass is 265 g/mol. The summed E-state index contributed by atoms with van der Waals surface area (Å²) in [6, 6.07) is -0.0902. The largest absolute Gasteiger partial charge is 0.411 e. The van der Waals surface area contributed by atoms with Crippen molar-refractivity contribution in [2.75, 3.05) is 20.3 Å². The van der Waals surface area contributed by atoms with Gasteiger partial charge in [-0.3, -0.25) is 4.68 Å². The molecule has 18 heavy (non-hydrogen) atoms. The first-order chi connectivity index (χ1) is 8.40. The molecule has 0 aliphatic rings. The molecule has 0 aliphatic heterocycles. The summed E-state index contributed by atoms with van der Waals surface area (Å²) in [5, 5.41) is 6.98. The van der Waals surface area contributed by atoms with E-state index in [9.17, 15) is 13.2 Å². The fourth-order valence-electron chi connectivity index (χ4n) is 1.57. The first-order valence-electron chi connectivity index (χ1n) is 5.70. The topological polar surface area (TPSA) is 39.1 Å². The van der Waals surface area contributed by atoms with E-state index in [1.54, 1.807) is 17.9 Å². The van der Waals surface area contributed by atoms with E-state index < -0.39 is 12.8 Å². The van der Waals surface area contributed by atoms with E-state index in [4.69, 9.17) is 0 Å². The van der Waals surface area contributed by atoms with Crippen LogP contribution in [0.2, 0.25) is 0 Å². The van der Waals surface area contributed by atoms with Gasteiger partial charge in [-0.05, 0) is 25.5 Å². The predicted molar refractivity (Wildman–Crippen MR) is 61.3 cm³/mol. The maximum Gasteiger partial charge on any atom is 0.411 e. The van der Waals surface area contributed by atoms with E-state index in [1.165, 1.54) is 0 Å². The molecule has 0 aliphatic carbocycles. The Hall–Kier alpha value is -1.08. The van der Waals surface area contributed by atoms with Gasteiger partial charge in [-0.15, -0.1) is 0 Å². The van der Waals surface area contributed by atoms with E-state index in [2.05, 4.69) is 15.2 Å². The van der Waals surface area contributed by atoms with Gasteiger partial charge in [0.25, 0.3) is 0 Å². The van der Waals surface area contributed by atoms with Gasteiger partial charge in [0, 0.05) is 19.3 Å². The van der Waals surface area contributed by atoms with Crippen LogP contribution in [0.3, 0.4) is 0 Å². The van der Waals surface area contributed by atoms with Gasteiger partial charge in [-0.2, -0.15) is 18.3 Å². The van der Waals surface area contributed by atoms with Crippen LogP contribution in [0, 0.1) is 0 Å². The second kappa shape index (κ2) is 6.75. The molecule has 0 saturated heterocycles. The minimum Gasteiger partial charge on any atom is -0.370 e. The Bertz CT molecular complexity index is 352. The zero-order valence-corrected chi connectivity index (χ0v) is 10.5. The second-order valence-corrected chi connectivity index (χ2v) is 4.18. The van der Waals surface area contributed by atoms with Crippen LogP contribution >= 0.6 is 0 Å². The van der Waals surface area contributed by atoms with Gasteiger partial charge in [-0.1, -0.05) is 0 Å². The molecule has 1 heterocycles. The lowest BCUT2D eigenvalue weighted by Crippen LogP contribution is -2.32. The van der Waals surface area contributed by atoms with Gasteiger partial charge in [0.1, 0.15) is 6.61 Å². The highest BCUT2D eigenvalue weighted by atomic mass is 19.4. The SMILES string of the molecule is CNC(CCc1cnn(C)c1)COCC(F)(F)F. The van der Waals surface area contributed by atoms with E-state index in [0.717, 1.165) is 12.0 Å². The van der Waals surface area contributed by atoms with E-state index >= 15 is 0 Å². The van der Waals surface area contributed by atoms with Crippen LogP contribution in [0.4, 0.5) is 13.2 Å². The van der Waals surface area contributed by atoms with Gasteiger partial charge >= 0.3 is 6.18 Å². The van der Waals surface area contributed by atoms with Crippen LogP contribution in [-0.4, -0.2) is 42.3 Å². The van der Waals surface area contributed by atoms with Crippen LogP contribution < -0.4 is 5.32 Å². The number of nitrogens with one attached hydrogen (secondary N) is 1. The smallest absolute Gasteiger partial charge is 0.370 e. The number of likely N-dealkylation sites (N-methyl/N-ethyl adjacent to an activating group) is 1. The highest BCUT2D eigenvalue weighted by Gasteiger charge is 2.27. The summed E-state index contributed by atoms with van der Waals surface area (Å²) < 4.78 is 42.1. The Balaban J connectivity index is 2.25. The molecule has 1 aromatic heterocycles. The summed E-state index contributed by atoms with van der Waals surface area (Å²) in [5.41, 5.74) is 1.06. The molecule has 1 N–H and O–H groups in total. The van der Waals surface area contributed by atoms with E-state index in [-0.39, 0.29) is 12.6 Å². The molecule has 104 valence electrons. The van der Waals surface area contributed by atoms with Crippen LogP contribution in [0.15, 0.2) is 12.4 Å². The molecule has 0 spiro atoms. The van der Waals surface area contributed by atoms with Crippen LogP contribution in [0.25, 0.3) is 0 Å². The normalized spacial score (nSPS) is 13.8. The van der Waals surface area contributed by atoms with Crippen LogP contribution in [0.5, 0.6) is 0 Å². The van der Waals surface area contributed by atoms with Crippen molar-refractivity contribution in [1.29, 1.82) is 0 Å². The van der Waals surface area contributed by atoms with Gasteiger partial charge in [-0.25, -0.2) is 0 Å². The highest BCUT2D eigenvalue weighted by Crippen LogP contribution is 2.14. The molecule has 0 saturated carbocycles. The third-order valence-electron chi connectivity index (χ3n) is 2.53. The molecular formula is C11H18F3N3O. The van der Waals surface area contributed by atoms with Gasteiger partial charge in [0.2, 0.25) is 0 Å². The number of hydrogen-bond acceptors (Lipinski definition) is 3. The van der Waals surface area contributed by atoms with E-state index in [1.807, 2.05) is 13.2 Å². The molecule has 4 nitrogen and oxygen atoms in total. The van der Waals surface area contributed by atoms with Crippen molar-refractivity contribution in [2.24, 2.45) is 7.05 Å². The number of alkyl halides is 3. The summed E-state index contributed by atoms with van der Waals surface area (Å²) in [5.74, 6) is 0. The Labute approximate surface area is 104 Å². The van der Waals surface area contributed by atoms with Crippen molar-refractivity contribution in [1.82, 2.24) is 15.1 Å². The lowest BCUT2D eigenvalue weighted by Gasteiger charge is -2.16. The average molecular weight is 265 g/mol. The number of aromatic nitrogens is 2. The Morgan fingerprint density at radius 3 is 2.72 bits per heavy atom. The van der Waals surface area contributed by atoms with Crippen molar-refractivity contribution in [3.05, 3.63) is 18.0 Å². The number of rotatable bonds is 7. The van der Waals surface area contributed by atoms with E-state index in [0.29, 0.717) is 6.42 Å². The lowest BCUT2D eigenvalue weighted by atomic mass is 10.1. The fourth-order valence-corrected chi connectivity index (χ4v) is 1.57. The quantitative estimate of drug-likeness (QED) is 0.812. The standard InChI is InChI=1S/C11H18F3N3O/c1-15-10(7-18-8-11(12,13)14)4-3-9-5-16-17(2)6-9/h5-6,10,15H,3-4,7-8H2,1-2H3. The van der Waals surface area contributed by atoms with Gasteiger partial charge in [0.05, 0.1) is 12.8 Å². The molecule has 0 bridgehead atoms. The lowest BCUT2D eigenvalue weighted by molar-refractivity contribution is -0.175. The molecule has 0 radical (unpaired) electrons. The molecule has 0 amide bonds. The Kier molecular flexibility index (Phi) is 5.61. The van der Waals surface area contributed by atoms with Crippen LogP contribution in [0.1, 0.15) is 12.0 Å². The number of halogens is 3. The molecule has 0 fully saturated rings. The summed E-state index contributed by atoms with van der Waals surface area (Å²) in [6.07, 6.45) is 0.850. The number of hydrogen-bond donors (Lipinski definition) is 1. The molecule has 1 rings (SSSR count). The summed E-state index contributed by atoms with van der Waals surface area (Å²) in [6.45, 7) is -1.14. The summed E-state index contributed by atoms with van der Waals surface area (Å²) >= 11 is 0. The molecule has 0 aromatic carbocycles. The molecular weight excluding hydrogens is 247 g/mol.